The Labute approximate surface area is 180 Å². The summed E-state index contributed by atoms with van der Waals surface area (Å²) in [5.41, 5.74) is 2.38. The summed E-state index contributed by atoms with van der Waals surface area (Å²) >= 11 is 6.16. The number of ether oxygens (including phenoxy) is 1. The Hall–Kier alpha value is -2.86. The number of halogens is 1. The molecule has 0 radical (unpaired) electrons. The van der Waals surface area contributed by atoms with Crippen LogP contribution in [0.5, 0.6) is 0 Å². The number of H-pyrrole nitrogens is 1. The Kier molecular flexibility index (Phi) is 5.77. The number of aromatic nitrogens is 2. The van der Waals surface area contributed by atoms with Gasteiger partial charge in [-0.3, -0.25) is 9.59 Å². The number of imidazole rings is 1. The maximum Gasteiger partial charge on any atom is 0.314 e. The monoisotopic (exact) mass is 425 g/mol. The Morgan fingerprint density at radius 3 is 2.93 bits per heavy atom. The van der Waals surface area contributed by atoms with Gasteiger partial charge in [-0.1, -0.05) is 23.7 Å². The molecule has 0 unspecified atom stereocenters. The van der Waals surface area contributed by atoms with Crippen LogP contribution in [-0.2, 0) is 16.0 Å². The number of aromatic amines is 1. The smallest absolute Gasteiger partial charge is 0.314 e. The Bertz CT molecular complexity index is 1080. The number of fused-ring (bicyclic) bond motifs is 1. The van der Waals surface area contributed by atoms with Gasteiger partial charge in [-0.15, -0.1) is 0 Å². The number of nitrogens with zero attached hydrogens (tertiary/aromatic N) is 2. The number of piperidine rings is 1. The predicted octanol–water partition coefficient (Wildman–Crippen LogP) is 4.24. The number of likely N-dealkylation sites (tertiary alicyclic amines) is 1. The average molecular weight is 426 g/mol. The highest BCUT2D eigenvalue weighted by atomic mass is 35.5. The number of carbonyl (C=O) groups is 2. The fraction of sp³-hybridized carbons (Fsp3) is 0.348. The van der Waals surface area contributed by atoms with Crippen molar-refractivity contribution < 1.29 is 14.3 Å². The van der Waals surface area contributed by atoms with Crippen molar-refractivity contribution in [1.82, 2.24) is 14.9 Å². The molecule has 2 heterocycles. The highest BCUT2D eigenvalue weighted by Gasteiger charge is 2.45. The van der Waals surface area contributed by atoms with Gasteiger partial charge in [0.15, 0.2) is 0 Å². The van der Waals surface area contributed by atoms with Crippen LogP contribution in [0.2, 0.25) is 5.02 Å². The topological polar surface area (TPSA) is 75.3 Å². The van der Waals surface area contributed by atoms with Gasteiger partial charge in [-0.25, -0.2) is 4.98 Å². The van der Waals surface area contributed by atoms with Crippen LogP contribution in [0.1, 0.15) is 35.7 Å². The van der Waals surface area contributed by atoms with E-state index in [1.165, 1.54) is 0 Å². The first-order valence-electron chi connectivity index (χ1n) is 10.1. The molecule has 1 aromatic heterocycles. The number of hydrogen-bond acceptors (Lipinski definition) is 4. The molecule has 7 heteroatoms. The van der Waals surface area contributed by atoms with E-state index in [4.69, 9.17) is 16.3 Å². The van der Waals surface area contributed by atoms with E-state index >= 15 is 0 Å². The summed E-state index contributed by atoms with van der Waals surface area (Å²) in [6.45, 7) is 3.03. The van der Waals surface area contributed by atoms with Crippen LogP contribution in [0.4, 0.5) is 0 Å². The van der Waals surface area contributed by atoms with Crippen molar-refractivity contribution in [1.29, 1.82) is 0 Å². The van der Waals surface area contributed by atoms with Gasteiger partial charge in [-0.2, -0.15) is 0 Å². The second-order valence-corrected chi connectivity index (χ2v) is 8.21. The summed E-state index contributed by atoms with van der Waals surface area (Å²) in [5, 5.41) is 0.628. The standard InChI is InChI=1S/C23H24ClN3O3/c1-2-30-22(29)23(13-16-5-3-6-18(24)11-16)9-4-10-27(14-23)21(28)17-7-8-19-20(12-17)26-15-25-19/h3,5-8,11-12,15H,2,4,9-10,13-14H2,1H3,(H,25,26)/t23-/m1/s1. The lowest BCUT2D eigenvalue weighted by molar-refractivity contribution is -0.158. The van der Waals surface area contributed by atoms with Crippen molar-refractivity contribution in [3.8, 4) is 0 Å². The maximum absolute atomic E-state index is 13.3. The van der Waals surface area contributed by atoms with Crippen molar-refractivity contribution in [2.45, 2.75) is 26.2 Å². The van der Waals surface area contributed by atoms with Gasteiger partial charge in [0, 0.05) is 23.7 Å². The molecule has 4 rings (SSSR count). The lowest BCUT2D eigenvalue weighted by Crippen LogP contribution is -2.51. The van der Waals surface area contributed by atoms with E-state index < -0.39 is 5.41 Å². The molecule has 1 fully saturated rings. The minimum Gasteiger partial charge on any atom is -0.466 e. The molecule has 0 aliphatic carbocycles. The zero-order valence-electron chi connectivity index (χ0n) is 16.9. The van der Waals surface area contributed by atoms with Gasteiger partial charge in [0.2, 0.25) is 0 Å². The summed E-state index contributed by atoms with van der Waals surface area (Å²) in [5.74, 6) is -0.350. The van der Waals surface area contributed by atoms with Gasteiger partial charge in [-0.05, 0) is 62.1 Å². The summed E-state index contributed by atoms with van der Waals surface area (Å²) in [6.07, 6.45) is 3.49. The van der Waals surface area contributed by atoms with Crippen LogP contribution in [0, 0.1) is 5.41 Å². The van der Waals surface area contributed by atoms with E-state index in [1.807, 2.05) is 36.4 Å². The first-order chi connectivity index (χ1) is 14.5. The van der Waals surface area contributed by atoms with Crippen molar-refractivity contribution in [3.05, 3.63) is 64.9 Å². The van der Waals surface area contributed by atoms with Gasteiger partial charge < -0.3 is 14.6 Å². The van der Waals surface area contributed by atoms with Crippen LogP contribution in [0.15, 0.2) is 48.8 Å². The van der Waals surface area contributed by atoms with Crippen molar-refractivity contribution in [2.24, 2.45) is 5.41 Å². The van der Waals surface area contributed by atoms with E-state index in [0.717, 1.165) is 23.0 Å². The molecular formula is C23H24ClN3O3. The molecule has 1 aliphatic rings. The third-order valence-electron chi connectivity index (χ3n) is 5.67. The van der Waals surface area contributed by atoms with E-state index in [-0.39, 0.29) is 11.9 Å². The normalized spacial score (nSPS) is 19.1. The third-order valence-corrected chi connectivity index (χ3v) is 5.91. The SMILES string of the molecule is CCOC(=O)[C@@]1(Cc2cccc(Cl)c2)CCCN(C(=O)c2ccc3nc[nH]c3c2)C1. The quantitative estimate of drug-likeness (QED) is 0.620. The number of amides is 1. The molecule has 1 atom stereocenters. The minimum absolute atomic E-state index is 0.0917. The molecule has 0 spiro atoms. The third kappa shape index (κ3) is 4.05. The number of carbonyl (C=O) groups excluding carboxylic acids is 2. The summed E-state index contributed by atoms with van der Waals surface area (Å²) in [6, 6.07) is 12.9. The molecule has 156 valence electrons. The van der Waals surface area contributed by atoms with Gasteiger partial charge in [0.05, 0.1) is 29.4 Å². The maximum atomic E-state index is 13.3. The molecule has 1 aliphatic heterocycles. The van der Waals surface area contributed by atoms with E-state index in [0.29, 0.717) is 43.1 Å². The largest absolute Gasteiger partial charge is 0.466 e. The van der Waals surface area contributed by atoms with Crippen LogP contribution in [0.25, 0.3) is 11.0 Å². The fourth-order valence-electron chi connectivity index (χ4n) is 4.26. The lowest BCUT2D eigenvalue weighted by atomic mass is 9.75. The van der Waals surface area contributed by atoms with Crippen molar-refractivity contribution in [3.63, 3.8) is 0 Å². The van der Waals surface area contributed by atoms with E-state index in [2.05, 4.69) is 9.97 Å². The van der Waals surface area contributed by atoms with Crippen LogP contribution in [-0.4, -0.2) is 46.4 Å². The van der Waals surface area contributed by atoms with Crippen LogP contribution < -0.4 is 0 Å². The second-order valence-electron chi connectivity index (χ2n) is 7.77. The molecule has 3 aromatic rings. The number of esters is 1. The molecule has 1 saturated heterocycles. The summed E-state index contributed by atoms with van der Waals surface area (Å²) in [4.78, 5) is 35.3. The first-order valence-corrected chi connectivity index (χ1v) is 10.5. The predicted molar refractivity (Wildman–Crippen MR) is 115 cm³/mol. The zero-order valence-corrected chi connectivity index (χ0v) is 17.6. The second kappa shape index (κ2) is 8.48. The molecule has 30 heavy (non-hydrogen) atoms. The highest BCUT2D eigenvalue weighted by Crippen LogP contribution is 2.36. The minimum atomic E-state index is -0.785. The zero-order chi connectivity index (χ0) is 21.1. The van der Waals surface area contributed by atoms with Gasteiger partial charge in [0.1, 0.15) is 0 Å². The number of benzene rings is 2. The molecule has 1 amide bonds. The number of nitrogens with one attached hydrogen (secondary N) is 1. The Morgan fingerprint density at radius 1 is 1.27 bits per heavy atom. The van der Waals surface area contributed by atoms with Crippen molar-refractivity contribution >= 4 is 34.5 Å². The summed E-state index contributed by atoms with van der Waals surface area (Å²) < 4.78 is 5.45. The molecule has 6 nitrogen and oxygen atoms in total. The molecule has 0 saturated carbocycles. The van der Waals surface area contributed by atoms with E-state index in [9.17, 15) is 9.59 Å². The van der Waals surface area contributed by atoms with Gasteiger partial charge in [0.25, 0.3) is 5.91 Å². The van der Waals surface area contributed by atoms with Crippen molar-refractivity contribution in [2.75, 3.05) is 19.7 Å². The number of rotatable bonds is 5. The molecule has 1 N–H and O–H groups in total. The lowest BCUT2D eigenvalue weighted by Gasteiger charge is -2.41. The highest BCUT2D eigenvalue weighted by molar-refractivity contribution is 6.30. The molecule has 2 aromatic carbocycles. The number of hydrogen-bond donors (Lipinski definition) is 1. The first kappa shape index (κ1) is 20.4. The van der Waals surface area contributed by atoms with E-state index in [1.54, 1.807) is 24.2 Å². The molecule has 0 bridgehead atoms. The molecular weight excluding hydrogens is 402 g/mol. The fourth-order valence-corrected chi connectivity index (χ4v) is 4.47. The van der Waals surface area contributed by atoms with Gasteiger partial charge >= 0.3 is 5.97 Å². The average Bonchev–Trinajstić information content (AvgIpc) is 3.21. The summed E-state index contributed by atoms with van der Waals surface area (Å²) in [7, 11) is 0. The van der Waals surface area contributed by atoms with Crippen LogP contribution >= 0.6 is 11.6 Å². The Balaban J connectivity index is 1.62. The van der Waals surface area contributed by atoms with Crippen LogP contribution in [0.3, 0.4) is 0 Å². The Morgan fingerprint density at radius 2 is 2.13 bits per heavy atom.